The summed E-state index contributed by atoms with van der Waals surface area (Å²) in [6.45, 7) is 1.82. The van der Waals surface area contributed by atoms with Crippen molar-refractivity contribution < 1.29 is 9.53 Å². The highest BCUT2D eigenvalue weighted by molar-refractivity contribution is 14.1. The van der Waals surface area contributed by atoms with Crippen LogP contribution in [0.5, 0.6) is 0 Å². The van der Waals surface area contributed by atoms with Crippen molar-refractivity contribution in [2.75, 3.05) is 4.43 Å². The van der Waals surface area contributed by atoms with E-state index in [0.717, 1.165) is 5.56 Å². The lowest BCUT2D eigenvalue weighted by molar-refractivity contribution is 0.0492. The molecule has 0 aliphatic carbocycles. The molecule has 4 nitrogen and oxygen atoms in total. The zero-order chi connectivity index (χ0) is 10.6. The molecule has 5 heteroatoms. The first-order valence-corrected chi connectivity index (χ1v) is 5.56. The number of primary amides is 1. The maximum Gasteiger partial charge on any atom is 0.405 e. The average Bonchev–Trinajstić information content (AvgIpc) is 2.18. The van der Waals surface area contributed by atoms with Crippen molar-refractivity contribution in [2.45, 2.75) is 12.5 Å². The predicted octanol–water partition coefficient (Wildman–Crippen LogP) is 1.83. The van der Waals surface area contributed by atoms with Gasteiger partial charge in [-0.1, -0.05) is 22.6 Å². The Labute approximate surface area is 96.0 Å². The lowest BCUT2D eigenvalue weighted by Gasteiger charge is -2.26. The van der Waals surface area contributed by atoms with Gasteiger partial charge in [0.1, 0.15) is 5.60 Å². The summed E-state index contributed by atoms with van der Waals surface area (Å²) in [4.78, 5) is 14.6. The average molecular weight is 306 g/mol. The topological polar surface area (TPSA) is 65.2 Å². The molecule has 1 aromatic heterocycles. The van der Waals surface area contributed by atoms with Gasteiger partial charge in [-0.15, -0.1) is 0 Å². The largest absolute Gasteiger partial charge is 0.438 e. The van der Waals surface area contributed by atoms with Crippen LogP contribution in [0.1, 0.15) is 12.5 Å². The first-order valence-electron chi connectivity index (χ1n) is 4.03. The van der Waals surface area contributed by atoms with Gasteiger partial charge >= 0.3 is 6.09 Å². The molecule has 1 amide bonds. The first kappa shape index (κ1) is 11.2. The third kappa shape index (κ3) is 2.57. The van der Waals surface area contributed by atoms with Crippen LogP contribution in [-0.2, 0) is 10.3 Å². The molecule has 0 aliphatic rings. The molecular formula is C9H11IN2O2. The predicted molar refractivity (Wildman–Crippen MR) is 61.1 cm³/mol. The molecule has 14 heavy (non-hydrogen) atoms. The zero-order valence-electron chi connectivity index (χ0n) is 7.74. The fraction of sp³-hybridized carbons (Fsp3) is 0.333. The van der Waals surface area contributed by atoms with Crippen LogP contribution in [0.2, 0.25) is 0 Å². The summed E-state index contributed by atoms with van der Waals surface area (Å²) < 4.78 is 5.71. The van der Waals surface area contributed by atoms with E-state index in [1.165, 1.54) is 0 Å². The van der Waals surface area contributed by atoms with Crippen LogP contribution in [-0.4, -0.2) is 15.5 Å². The molecule has 1 rings (SSSR count). The Bertz CT molecular complexity index is 318. The monoisotopic (exact) mass is 306 g/mol. The molecule has 1 heterocycles. The van der Waals surface area contributed by atoms with Crippen LogP contribution in [0.15, 0.2) is 24.5 Å². The molecule has 76 valence electrons. The fourth-order valence-corrected chi connectivity index (χ4v) is 1.69. The van der Waals surface area contributed by atoms with Crippen molar-refractivity contribution in [3.63, 3.8) is 0 Å². The third-order valence-electron chi connectivity index (χ3n) is 1.87. The van der Waals surface area contributed by atoms with Crippen LogP contribution in [0, 0.1) is 0 Å². The Hall–Kier alpha value is -0.850. The fourth-order valence-electron chi connectivity index (χ4n) is 1.09. The standard InChI is InChI=1S/C9H11IN2O2/c1-9(6-10,14-8(11)13)7-2-4-12-5-3-7/h2-5H,6H2,1H3,(H2,11,13). The molecule has 0 saturated heterocycles. The number of halogens is 1. The van der Waals surface area contributed by atoms with Gasteiger partial charge in [0.2, 0.25) is 0 Å². The van der Waals surface area contributed by atoms with E-state index in [2.05, 4.69) is 27.6 Å². The lowest BCUT2D eigenvalue weighted by atomic mass is 10.00. The smallest absolute Gasteiger partial charge is 0.405 e. The molecule has 1 atom stereocenters. The molecule has 0 radical (unpaired) electrons. The second-order valence-electron chi connectivity index (χ2n) is 3.02. The number of pyridine rings is 1. The number of amides is 1. The molecule has 0 aromatic carbocycles. The van der Waals surface area contributed by atoms with Crippen LogP contribution >= 0.6 is 22.6 Å². The SMILES string of the molecule is CC(CI)(OC(N)=O)c1ccncc1. The molecule has 1 aromatic rings. The number of carbonyl (C=O) groups is 1. The highest BCUT2D eigenvalue weighted by Crippen LogP contribution is 2.26. The van der Waals surface area contributed by atoms with Gasteiger partial charge in [-0.2, -0.15) is 0 Å². The van der Waals surface area contributed by atoms with Gasteiger partial charge in [-0.25, -0.2) is 4.79 Å². The number of ether oxygens (including phenoxy) is 1. The van der Waals surface area contributed by atoms with E-state index in [0.29, 0.717) is 4.43 Å². The summed E-state index contributed by atoms with van der Waals surface area (Å²) in [6, 6.07) is 3.61. The summed E-state index contributed by atoms with van der Waals surface area (Å²) in [5.74, 6) is 0. The van der Waals surface area contributed by atoms with Crippen LogP contribution in [0.4, 0.5) is 4.79 Å². The molecule has 0 saturated carbocycles. The molecule has 0 aliphatic heterocycles. The summed E-state index contributed by atoms with van der Waals surface area (Å²) in [5, 5.41) is 0. The minimum Gasteiger partial charge on any atom is -0.438 e. The number of hydrogen-bond donors (Lipinski definition) is 1. The Kier molecular flexibility index (Phi) is 3.68. The van der Waals surface area contributed by atoms with E-state index in [9.17, 15) is 4.79 Å². The Morgan fingerprint density at radius 1 is 1.64 bits per heavy atom. The normalized spacial score (nSPS) is 14.4. The van der Waals surface area contributed by atoms with Gasteiger partial charge in [0.15, 0.2) is 0 Å². The van der Waals surface area contributed by atoms with Gasteiger partial charge < -0.3 is 10.5 Å². The van der Waals surface area contributed by atoms with Gasteiger partial charge in [0.05, 0.1) is 0 Å². The van der Waals surface area contributed by atoms with Crippen LogP contribution in [0.25, 0.3) is 0 Å². The number of hydrogen-bond acceptors (Lipinski definition) is 3. The minimum atomic E-state index is -0.763. The molecule has 2 N–H and O–H groups in total. The lowest BCUT2D eigenvalue weighted by Crippen LogP contribution is -2.33. The molecular weight excluding hydrogens is 295 g/mol. The number of aromatic nitrogens is 1. The molecule has 0 fully saturated rings. The molecule has 1 unspecified atom stereocenters. The van der Waals surface area contributed by atoms with E-state index < -0.39 is 11.7 Å². The highest BCUT2D eigenvalue weighted by atomic mass is 127. The third-order valence-corrected chi connectivity index (χ3v) is 3.33. The Balaban J connectivity index is 2.95. The quantitative estimate of drug-likeness (QED) is 0.684. The number of rotatable bonds is 3. The van der Waals surface area contributed by atoms with E-state index in [1.807, 2.05) is 19.1 Å². The van der Waals surface area contributed by atoms with E-state index in [-0.39, 0.29) is 0 Å². The summed E-state index contributed by atoms with van der Waals surface area (Å²) in [7, 11) is 0. The van der Waals surface area contributed by atoms with Crippen molar-refractivity contribution in [3.05, 3.63) is 30.1 Å². The summed E-state index contributed by atoms with van der Waals surface area (Å²) >= 11 is 2.15. The number of nitrogens with two attached hydrogens (primary N) is 1. The van der Waals surface area contributed by atoms with Crippen molar-refractivity contribution in [2.24, 2.45) is 5.73 Å². The van der Waals surface area contributed by atoms with Crippen molar-refractivity contribution in [1.29, 1.82) is 0 Å². The van der Waals surface area contributed by atoms with Crippen molar-refractivity contribution in [1.82, 2.24) is 4.98 Å². The van der Waals surface area contributed by atoms with E-state index in [1.54, 1.807) is 12.4 Å². The highest BCUT2D eigenvalue weighted by Gasteiger charge is 2.28. The van der Waals surface area contributed by atoms with Gasteiger partial charge in [0.25, 0.3) is 0 Å². The van der Waals surface area contributed by atoms with E-state index >= 15 is 0 Å². The first-order chi connectivity index (χ1) is 6.58. The van der Waals surface area contributed by atoms with Gasteiger partial charge in [-0.3, -0.25) is 4.98 Å². The molecule has 0 spiro atoms. The van der Waals surface area contributed by atoms with Crippen LogP contribution < -0.4 is 5.73 Å². The summed E-state index contributed by atoms with van der Waals surface area (Å²) in [5.41, 5.74) is 5.23. The maximum atomic E-state index is 10.7. The van der Waals surface area contributed by atoms with Gasteiger partial charge in [0, 0.05) is 16.8 Å². The van der Waals surface area contributed by atoms with Crippen molar-refractivity contribution in [3.8, 4) is 0 Å². The second-order valence-corrected chi connectivity index (χ2v) is 3.78. The zero-order valence-corrected chi connectivity index (χ0v) is 9.89. The second kappa shape index (κ2) is 4.59. The van der Waals surface area contributed by atoms with Gasteiger partial charge in [-0.05, 0) is 24.6 Å². The molecule has 0 bridgehead atoms. The van der Waals surface area contributed by atoms with Crippen molar-refractivity contribution >= 4 is 28.7 Å². The number of alkyl halides is 1. The number of carbonyl (C=O) groups excluding carboxylic acids is 1. The Morgan fingerprint density at radius 3 is 2.64 bits per heavy atom. The Morgan fingerprint density at radius 2 is 2.21 bits per heavy atom. The summed E-state index contributed by atoms with van der Waals surface area (Å²) in [6.07, 6.45) is 2.55. The maximum absolute atomic E-state index is 10.7. The van der Waals surface area contributed by atoms with Crippen LogP contribution in [0.3, 0.4) is 0 Å². The minimum absolute atomic E-state index is 0.637. The number of nitrogens with zero attached hydrogens (tertiary/aromatic N) is 1. The van der Waals surface area contributed by atoms with E-state index in [4.69, 9.17) is 10.5 Å².